The lowest BCUT2D eigenvalue weighted by Gasteiger charge is -2.18. The maximum atomic E-state index is 12.9. The van der Waals surface area contributed by atoms with Gasteiger partial charge in [-0.05, 0) is 30.2 Å². The number of rotatable bonds is 4. The fourth-order valence-electron chi connectivity index (χ4n) is 2.84. The Hall–Kier alpha value is -1.86. The second-order valence-electron chi connectivity index (χ2n) is 5.85. The first-order valence-electron chi connectivity index (χ1n) is 7.68. The first kappa shape index (κ1) is 19.5. The van der Waals surface area contributed by atoms with Gasteiger partial charge in [-0.3, -0.25) is 0 Å². The van der Waals surface area contributed by atoms with Crippen molar-refractivity contribution in [2.75, 3.05) is 18.0 Å². The highest BCUT2D eigenvalue weighted by molar-refractivity contribution is 5.85. The lowest BCUT2D eigenvalue weighted by Crippen LogP contribution is -2.32. The van der Waals surface area contributed by atoms with Gasteiger partial charge >= 0.3 is 6.18 Å². The molecule has 8 heteroatoms. The van der Waals surface area contributed by atoms with Gasteiger partial charge in [0.25, 0.3) is 0 Å². The molecule has 3 nitrogen and oxygen atoms in total. The molecule has 1 aliphatic heterocycles. The van der Waals surface area contributed by atoms with E-state index < -0.39 is 17.7 Å². The van der Waals surface area contributed by atoms with Crippen molar-refractivity contribution in [3.05, 3.63) is 59.7 Å². The quantitative estimate of drug-likeness (QED) is 0.646. The van der Waals surface area contributed by atoms with Crippen molar-refractivity contribution >= 4 is 18.1 Å². The molecule has 25 heavy (non-hydrogen) atoms. The van der Waals surface area contributed by atoms with Crippen LogP contribution < -0.4 is 10.2 Å². The van der Waals surface area contributed by atoms with E-state index in [0.717, 1.165) is 24.7 Å². The second-order valence-corrected chi connectivity index (χ2v) is 5.85. The second kappa shape index (κ2) is 8.01. The zero-order chi connectivity index (χ0) is 17.2. The molecule has 1 atom stereocenters. The van der Waals surface area contributed by atoms with Crippen molar-refractivity contribution in [3.63, 3.8) is 0 Å². The monoisotopic (exact) mass is 375 g/mol. The molecule has 0 unspecified atom stereocenters. The van der Waals surface area contributed by atoms with E-state index >= 15 is 0 Å². The Morgan fingerprint density at radius 2 is 2.00 bits per heavy atom. The zero-order valence-corrected chi connectivity index (χ0v) is 14.1. The van der Waals surface area contributed by atoms with Gasteiger partial charge in [0.15, 0.2) is 0 Å². The highest BCUT2D eigenvalue weighted by Gasteiger charge is 2.30. The third-order valence-electron chi connectivity index (χ3n) is 4.11. The summed E-state index contributed by atoms with van der Waals surface area (Å²) >= 11 is 0. The Bertz CT molecular complexity index is 691. The fraction of sp³-hybridized carbons (Fsp3) is 0.353. The van der Waals surface area contributed by atoms with E-state index in [4.69, 9.17) is 0 Å². The van der Waals surface area contributed by atoms with Crippen LogP contribution in [0, 0.1) is 5.95 Å². The number of benzene rings is 1. The van der Waals surface area contributed by atoms with Gasteiger partial charge in [0.05, 0.1) is 17.4 Å². The maximum Gasteiger partial charge on any atom is 0.416 e. The molecular weight excluding hydrogens is 358 g/mol. The fourth-order valence-corrected chi connectivity index (χ4v) is 2.84. The lowest BCUT2D eigenvalue weighted by molar-refractivity contribution is -0.137. The summed E-state index contributed by atoms with van der Waals surface area (Å²) in [6.07, 6.45) is -1.96. The lowest BCUT2D eigenvalue weighted by atomic mass is 10.1. The minimum atomic E-state index is -4.32. The molecular formula is C17H18ClF4N3. The molecule has 1 saturated heterocycles. The van der Waals surface area contributed by atoms with Gasteiger partial charge in [-0.1, -0.05) is 18.2 Å². The normalized spacial score (nSPS) is 17.4. The SMILES string of the molecule is Cl.Fc1ccc(N2CC[C@H](NCc3cccc(C(F)(F)F)c3)C2)cn1. The van der Waals surface area contributed by atoms with Gasteiger partial charge in [-0.2, -0.15) is 17.6 Å². The van der Waals surface area contributed by atoms with Crippen LogP contribution in [0.1, 0.15) is 17.5 Å². The minimum Gasteiger partial charge on any atom is -0.369 e. The average molecular weight is 376 g/mol. The molecule has 0 radical (unpaired) electrons. The predicted molar refractivity (Wildman–Crippen MR) is 90.3 cm³/mol. The number of hydrogen-bond donors (Lipinski definition) is 1. The molecule has 0 bridgehead atoms. The zero-order valence-electron chi connectivity index (χ0n) is 13.3. The number of aromatic nitrogens is 1. The summed E-state index contributed by atoms with van der Waals surface area (Å²) < 4.78 is 51.0. The van der Waals surface area contributed by atoms with Crippen LogP contribution in [0.2, 0.25) is 0 Å². The Morgan fingerprint density at radius 3 is 2.68 bits per heavy atom. The number of hydrogen-bond acceptors (Lipinski definition) is 3. The summed E-state index contributed by atoms with van der Waals surface area (Å²) in [6.45, 7) is 1.89. The summed E-state index contributed by atoms with van der Waals surface area (Å²) in [7, 11) is 0. The Kier molecular flexibility index (Phi) is 6.24. The maximum absolute atomic E-state index is 12.9. The largest absolute Gasteiger partial charge is 0.416 e. The van der Waals surface area contributed by atoms with Crippen molar-refractivity contribution in [1.29, 1.82) is 0 Å². The highest BCUT2D eigenvalue weighted by atomic mass is 35.5. The van der Waals surface area contributed by atoms with Crippen molar-refractivity contribution in [2.24, 2.45) is 0 Å². The van der Waals surface area contributed by atoms with Crippen LogP contribution in [0.25, 0.3) is 0 Å². The van der Waals surface area contributed by atoms with Gasteiger partial charge in [-0.15, -0.1) is 12.4 Å². The molecule has 0 saturated carbocycles. The number of halogens is 5. The molecule has 2 aromatic rings. The number of alkyl halides is 3. The van der Waals surface area contributed by atoms with Gasteiger partial charge in [0.1, 0.15) is 0 Å². The molecule has 1 N–H and O–H groups in total. The molecule has 1 aliphatic rings. The van der Waals surface area contributed by atoms with Crippen LogP contribution in [-0.4, -0.2) is 24.1 Å². The van der Waals surface area contributed by atoms with Crippen molar-refractivity contribution in [3.8, 4) is 0 Å². The van der Waals surface area contributed by atoms with Crippen LogP contribution in [0.5, 0.6) is 0 Å². The molecule has 1 aromatic heterocycles. The smallest absolute Gasteiger partial charge is 0.369 e. The molecule has 0 spiro atoms. The Morgan fingerprint density at radius 1 is 1.20 bits per heavy atom. The average Bonchev–Trinajstić information content (AvgIpc) is 3.02. The van der Waals surface area contributed by atoms with Gasteiger partial charge in [-0.25, -0.2) is 4.98 Å². The van der Waals surface area contributed by atoms with E-state index in [2.05, 4.69) is 15.2 Å². The van der Waals surface area contributed by atoms with Crippen molar-refractivity contribution in [2.45, 2.75) is 25.2 Å². The molecule has 0 amide bonds. The predicted octanol–water partition coefficient (Wildman–Crippen LogP) is 4.03. The van der Waals surface area contributed by atoms with E-state index in [0.29, 0.717) is 18.7 Å². The summed E-state index contributed by atoms with van der Waals surface area (Å²) in [5.74, 6) is -0.517. The van der Waals surface area contributed by atoms with Crippen LogP contribution in [0.15, 0.2) is 42.6 Å². The van der Waals surface area contributed by atoms with E-state index in [9.17, 15) is 17.6 Å². The summed E-state index contributed by atoms with van der Waals surface area (Å²) in [4.78, 5) is 5.72. The standard InChI is InChI=1S/C17H17F4N3.ClH/c18-16-5-4-15(10-23-16)24-7-6-14(11-24)22-9-12-2-1-3-13(8-12)17(19,20)21;/h1-5,8,10,14,22H,6-7,9,11H2;1H/t14-;/m0./s1. The first-order valence-corrected chi connectivity index (χ1v) is 7.68. The molecule has 1 aromatic carbocycles. The molecule has 1 fully saturated rings. The minimum absolute atomic E-state index is 0. The number of anilines is 1. The van der Waals surface area contributed by atoms with Crippen LogP contribution in [0.3, 0.4) is 0 Å². The topological polar surface area (TPSA) is 28.2 Å². The molecule has 3 rings (SSSR count). The van der Waals surface area contributed by atoms with E-state index in [-0.39, 0.29) is 18.4 Å². The van der Waals surface area contributed by atoms with Gasteiger partial charge < -0.3 is 10.2 Å². The number of nitrogens with one attached hydrogen (secondary N) is 1. The van der Waals surface area contributed by atoms with E-state index in [1.54, 1.807) is 12.1 Å². The highest BCUT2D eigenvalue weighted by Crippen LogP contribution is 2.29. The first-order chi connectivity index (χ1) is 11.4. The Balaban J connectivity index is 0.00000225. The molecule has 0 aliphatic carbocycles. The summed E-state index contributed by atoms with van der Waals surface area (Å²) in [5, 5.41) is 3.28. The van der Waals surface area contributed by atoms with Gasteiger partial charge in [0, 0.05) is 25.7 Å². The molecule has 2 heterocycles. The van der Waals surface area contributed by atoms with Crippen LogP contribution in [0.4, 0.5) is 23.2 Å². The van der Waals surface area contributed by atoms with Crippen molar-refractivity contribution < 1.29 is 17.6 Å². The van der Waals surface area contributed by atoms with E-state index in [1.165, 1.54) is 24.4 Å². The third kappa shape index (κ3) is 5.06. The number of pyridine rings is 1. The molecule has 136 valence electrons. The van der Waals surface area contributed by atoms with E-state index in [1.807, 2.05) is 0 Å². The summed E-state index contributed by atoms with van der Waals surface area (Å²) in [6, 6.07) is 8.51. The third-order valence-corrected chi connectivity index (χ3v) is 4.11. The van der Waals surface area contributed by atoms with Crippen LogP contribution >= 0.6 is 12.4 Å². The summed E-state index contributed by atoms with van der Waals surface area (Å²) in [5.41, 5.74) is 0.818. The Labute approximate surface area is 149 Å². The van der Waals surface area contributed by atoms with Gasteiger partial charge in [0.2, 0.25) is 5.95 Å². The van der Waals surface area contributed by atoms with Crippen LogP contribution in [-0.2, 0) is 12.7 Å². The number of nitrogens with zero attached hydrogens (tertiary/aromatic N) is 2. The van der Waals surface area contributed by atoms with Crippen molar-refractivity contribution in [1.82, 2.24) is 10.3 Å².